The molecule has 0 rings (SSSR count). The van der Waals surface area contributed by atoms with Gasteiger partial charge < -0.3 is 30.3 Å². The Bertz CT molecular complexity index is 143. The molecule has 0 aromatic heterocycles. The van der Waals surface area contributed by atoms with E-state index in [1.165, 1.54) is 0 Å². The predicted molar refractivity (Wildman–Crippen MR) is 47.6 cm³/mol. The van der Waals surface area contributed by atoms with Crippen LogP contribution in [-0.2, 0) is 4.79 Å². The fourth-order valence-electron chi connectivity index (χ4n) is 0.618. The minimum absolute atomic E-state index is 0. The smallest absolute Gasteiger partial charge is 0.151 e. The molecule has 0 fully saturated rings. The molecule has 6 nitrogen and oxygen atoms in total. The Kier molecular flexibility index (Phi) is 8.53. The van der Waals surface area contributed by atoms with E-state index in [1.54, 1.807) is 0 Å². The van der Waals surface area contributed by atoms with Crippen LogP contribution in [0.3, 0.4) is 0 Å². The van der Waals surface area contributed by atoms with Crippen molar-refractivity contribution in [1.29, 1.82) is 0 Å². The van der Waals surface area contributed by atoms with Crippen LogP contribution >= 0.6 is 13.5 Å². The Morgan fingerprint density at radius 3 is 1.85 bits per heavy atom. The Morgan fingerprint density at radius 2 is 1.54 bits per heavy atom. The zero-order valence-electron chi connectivity index (χ0n) is 6.74. The van der Waals surface area contributed by atoms with E-state index in [1.807, 2.05) is 0 Å². The molecule has 13 heavy (non-hydrogen) atoms. The molecular formula is C6H14O6S. The van der Waals surface area contributed by atoms with Gasteiger partial charge in [-0.2, -0.15) is 13.5 Å². The monoisotopic (exact) mass is 214 g/mol. The van der Waals surface area contributed by atoms with E-state index < -0.39 is 31.0 Å². The van der Waals surface area contributed by atoms with Gasteiger partial charge in [-0.25, -0.2) is 0 Å². The number of aliphatic hydroxyl groups is 5. The number of carbonyl (C=O) groups is 1. The van der Waals surface area contributed by atoms with Gasteiger partial charge in [0.25, 0.3) is 0 Å². The number of carbonyl (C=O) groups excluding carboxylic acids is 1. The molecule has 0 aromatic rings. The average Bonchev–Trinajstić information content (AvgIpc) is 2.12. The van der Waals surface area contributed by atoms with Crippen molar-refractivity contribution in [3.63, 3.8) is 0 Å². The molecule has 80 valence electrons. The topological polar surface area (TPSA) is 118 Å². The van der Waals surface area contributed by atoms with E-state index in [4.69, 9.17) is 25.5 Å². The first-order chi connectivity index (χ1) is 5.54. The van der Waals surface area contributed by atoms with Crippen molar-refractivity contribution in [1.82, 2.24) is 0 Å². The summed E-state index contributed by atoms with van der Waals surface area (Å²) in [6.07, 6.45) is -6.84. The van der Waals surface area contributed by atoms with Crippen LogP contribution in [0.1, 0.15) is 0 Å². The number of aliphatic hydroxyl groups excluding tert-OH is 5. The van der Waals surface area contributed by atoms with Gasteiger partial charge in [-0.05, 0) is 0 Å². The zero-order valence-corrected chi connectivity index (χ0v) is 7.74. The lowest BCUT2D eigenvalue weighted by Gasteiger charge is -2.22. The van der Waals surface area contributed by atoms with E-state index >= 15 is 0 Å². The molecule has 0 unspecified atom stereocenters. The lowest BCUT2D eigenvalue weighted by molar-refractivity contribution is -0.136. The average molecular weight is 214 g/mol. The highest BCUT2D eigenvalue weighted by atomic mass is 32.1. The van der Waals surface area contributed by atoms with Crippen molar-refractivity contribution < 1.29 is 30.3 Å². The van der Waals surface area contributed by atoms with Crippen LogP contribution in [0.15, 0.2) is 0 Å². The maximum Gasteiger partial charge on any atom is 0.151 e. The molecule has 0 aliphatic heterocycles. The Morgan fingerprint density at radius 1 is 1.08 bits per heavy atom. The number of aldehydes is 1. The van der Waals surface area contributed by atoms with Crippen LogP contribution in [0.2, 0.25) is 0 Å². The molecule has 0 amide bonds. The molecule has 0 radical (unpaired) electrons. The SMILES string of the molecule is O=C[C@H](O)[C@@H](O)[C@H](O)[C@H](O)CO.S. The maximum absolute atomic E-state index is 9.90. The van der Waals surface area contributed by atoms with Crippen LogP contribution in [0.4, 0.5) is 0 Å². The van der Waals surface area contributed by atoms with Crippen LogP contribution in [0, 0.1) is 0 Å². The van der Waals surface area contributed by atoms with Crippen LogP contribution < -0.4 is 0 Å². The lowest BCUT2D eigenvalue weighted by Crippen LogP contribution is -2.46. The minimum Gasteiger partial charge on any atom is -0.394 e. The summed E-state index contributed by atoms with van der Waals surface area (Å²) < 4.78 is 0. The van der Waals surface area contributed by atoms with Crippen molar-refractivity contribution in [2.24, 2.45) is 0 Å². The highest BCUT2D eigenvalue weighted by Crippen LogP contribution is 2.02. The summed E-state index contributed by atoms with van der Waals surface area (Å²) in [4.78, 5) is 9.90. The minimum atomic E-state index is -1.79. The predicted octanol–water partition coefficient (Wildman–Crippen LogP) is -3.27. The molecule has 0 aliphatic rings. The highest BCUT2D eigenvalue weighted by Gasteiger charge is 2.29. The van der Waals surface area contributed by atoms with Crippen molar-refractivity contribution in [3.8, 4) is 0 Å². The summed E-state index contributed by atoms with van der Waals surface area (Å²) in [7, 11) is 0. The second-order valence-corrected chi connectivity index (χ2v) is 2.36. The quantitative estimate of drug-likeness (QED) is 0.306. The third-order valence-electron chi connectivity index (χ3n) is 1.42. The number of hydrogen-bond acceptors (Lipinski definition) is 6. The Labute approximate surface area is 81.9 Å². The molecule has 0 saturated carbocycles. The van der Waals surface area contributed by atoms with Crippen molar-refractivity contribution in [3.05, 3.63) is 0 Å². The van der Waals surface area contributed by atoms with E-state index in [0.717, 1.165) is 0 Å². The molecule has 5 N–H and O–H groups in total. The Hall–Kier alpha value is -0.180. The van der Waals surface area contributed by atoms with Crippen molar-refractivity contribution >= 4 is 19.8 Å². The summed E-state index contributed by atoms with van der Waals surface area (Å²) in [5.41, 5.74) is 0. The van der Waals surface area contributed by atoms with Gasteiger partial charge in [0.1, 0.15) is 24.4 Å². The van der Waals surface area contributed by atoms with Gasteiger partial charge in [-0.15, -0.1) is 0 Å². The fourth-order valence-corrected chi connectivity index (χ4v) is 0.618. The molecule has 4 atom stereocenters. The molecule has 0 spiro atoms. The number of hydrogen-bond donors (Lipinski definition) is 5. The molecule has 0 bridgehead atoms. The molecule has 0 aromatic carbocycles. The Balaban J connectivity index is 0. The van der Waals surface area contributed by atoms with Gasteiger partial charge in [0.05, 0.1) is 6.61 Å². The van der Waals surface area contributed by atoms with Gasteiger partial charge in [0, 0.05) is 0 Å². The van der Waals surface area contributed by atoms with Crippen LogP contribution in [0.25, 0.3) is 0 Å². The molecular weight excluding hydrogens is 200 g/mol. The van der Waals surface area contributed by atoms with Gasteiger partial charge in [0.15, 0.2) is 6.29 Å². The summed E-state index contributed by atoms with van der Waals surface area (Å²) in [5.74, 6) is 0. The summed E-state index contributed by atoms with van der Waals surface area (Å²) >= 11 is 0. The zero-order chi connectivity index (χ0) is 9.72. The number of rotatable bonds is 5. The lowest BCUT2D eigenvalue weighted by atomic mass is 10.0. The van der Waals surface area contributed by atoms with Gasteiger partial charge in [0.2, 0.25) is 0 Å². The largest absolute Gasteiger partial charge is 0.394 e. The van der Waals surface area contributed by atoms with Crippen LogP contribution in [0.5, 0.6) is 0 Å². The molecule has 0 aliphatic carbocycles. The van der Waals surface area contributed by atoms with Gasteiger partial charge in [-0.1, -0.05) is 0 Å². The van der Waals surface area contributed by atoms with Crippen molar-refractivity contribution in [2.45, 2.75) is 24.4 Å². The fraction of sp³-hybridized carbons (Fsp3) is 0.833. The summed E-state index contributed by atoms with van der Waals surface area (Å²) in [6.45, 7) is -0.760. The second kappa shape index (κ2) is 7.25. The molecule has 0 heterocycles. The van der Waals surface area contributed by atoms with Crippen molar-refractivity contribution in [2.75, 3.05) is 6.61 Å². The molecule has 0 saturated heterocycles. The first kappa shape index (κ1) is 15.3. The third kappa shape index (κ3) is 4.55. The second-order valence-electron chi connectivity index (χ2n) is 2.36. The third-order valence-corrected chi connectivity index (χ3v) is 1.42. The van der Waals surface area contributed by atoms with E-state index in [0.29, 0.717) is 0 Å². The summed E-state index contributed by atoms with van der Waals surface area (Å²) in [5, 5.41) is 43.5. The maximum atomic E-state index is 9.90. The van der Waals surface area contributed by atoms with E-state index in [-0.39, 0.29) is 19.8 Å². The van der Waals surface area contributed by atoms with Gasteiger partial charge in [-0.3, -0.25) is 0 Å². The molecule has 7 heteroatoms. The van der Waals surface area contributed by atoms with E-state index in [9.17, 15) is 4.79 Å². The highest BCUT2D eigenvalue weighted by molar-refractivity contribution is 7.59. The van der Waals surface area contributed by atoms with Gasteiger partial charge >= 0.3 is 0 Å². The first-order valence-corrected chi connectivity index (χ1v) is 3.33. The van der Waals surface area contributed by atoms with Crippen LogP contribution in [-0.4, -0.2) is 62.8 Å². The summed E-state index contributed by atoms with van der Waals surface area (Å²) in [6, 6.07) is 0. The first-order valence-electron chi connectivity index (χ1n) is 3.33. The normalized spacial score (nSPS) is 19.5. The standard InChI is InChI=1S/C6H12O6.H2S/c7-1-3(9)5(11)6(12)4(10)2-8;/h1,3-6,8-12H,2H2;1H2/t3-,4+,5+,6+;/m0./s1. The van der Waals surface area contributed by atoms with E-state index in [2.05, 4.69) is 0 Å².